The van der Waals surface area contributed by atoms with Gasteiger partial charge in [-0.25, -0.2) is 0 Å². The van der Waals surface area contributed by atoms with Gasteiger partial charge >= 0.3 is 0 Å². The number of nitrogens with zero attached hydrogens (tertiary/aromatic N) is 1. The van der Waals surface area contributed by atoms with Gasteiger partial charge in [-0.1, -0.05) is 34.1 Å². The molecule has 0 spiro atoms. The van der Waals surface area contributed by atoms with Gasteiger partial charge < -0.3 is 10.6 Å². The minimum atomic E-state index is 0.521. The van der Waals surface area contributed by atoms with Gasteiger partial charge in [-0.3, -0.25) is 0 Å². The normalized spacial score (nSPS) is 10.4. The second kappa shape index (κ2) is 5.55. The quantitative estimate of drug-likeness (QED) is 0.929. The van der Waals surface area contributed by atoms with Crippen LogP contribution in [0.1, 0.15) is 11.1 Å². The first-order valence-corrected chi connectivity index (χ1v) is 6.70. The lowest BCUT2D eigenvalue weighted by atomic mass is 10.1. The molecule has 0 fully saturated rings. The highest BCUT2D eigenvalue weighted by Crippen LogP contribution is 2.31. The zero-order chi connectivity index (χ0) is 13.1. The summed E-state index contributed by atoms with van der Waals surface area (Å²) >= 11 is 3.56. The Balaban J connectivity index is 2.46. The van der Waals surface area contributed by atoms with E-state index in [0.29, 0.717) is 6.54 Å². The van der Waals surface area contributed by atoms with E-state index < -0.39 is 0 Å². The Kier molecular flexibility index (Phi) is 4.04. The van der Waals surface area contributed by atoms with Crippen molar-refractivity contribution in [1.82, 2.24) is 0 Å². The standard InChI is InChI=1S/C15H17BrN2/c1-11-5-3-6-12(9-11)18(2)15-8-4-7-14(16)13(15)10-17/h3-9H,10,17H2,1-2H3. The van der Waals surface area contributed by atoms with E-state index in [0.717, 1.165) is 15.7 Å². The van der Waals surface area contributed by atoms with Crippen LogP contribution < -0.4 is 10.6 Å². The number of halogens is 1. The Hall–Kier alpha value is -1.32. The van der Waals surface area contributed by atoms with Crippen molar-refractivity contribution in [2.24, 2.45) is 5.73 Å². The molecule has 0 bridgehead atoms. The SMILES string of the molecule is Cc1cccc(N(C)c2cccc(Br)c2CN)c1. The second-order valence-electron chi connectivity index (χ2n) is 4.34. The molecule has 0 atom stereocenters. The van der Waals surface area contributed by atoms with Gasteiger partial charge in [0.25, 0.3) is 0 Å². The molecule has 0 heterocycles. The number of anilines is 2. The van der Waals surface area contributed by atoms with E-state index in [1.807, 2.05) is 12.1 Å². The molecule has 18 heavy (non-hydrogen) atoms. The lowest BCUT2D eigenvalue weighted by Gasteiger charge is -2.23. The van der Waals surface area contributed by atoms with Crippen LogP contribution in [0.15, 0.2) is 46.9 Å². The van der Waals surface area contributed by atoms with Gasteiger partial charge in [0.15, 0.2) is 0 Å². The van der Waals surface area contributed by atoms with Crippen LogP contribution in [0.5, 0.6) is 0 Å². The number of hydrogen-bond acceptors (Lipinski definition) is 2. The Morgan fingerprint density at radius 1 is 1.17 bits per heavy atom. The maximum absolute atomic E-state index is 5.84. The van der Waals surface area contributed by atoms with Crippen molar-refractivity contribution >= 4 is 27.3 Å². The molecule has 2 aromatic rings. The van der Waals surface area contributed by atoms with Gasteiger partial charge in [0.05, 0.1) is 0 Å². The zero-order valence-corrected chi connectivity index (χ0v) is 12.2. The van der Waals surface area contributed by atoms with Gasteiger partial charge in [-0.2, -0.15) is 0 Å². The minimum absolute atomic E-state index is 0.521. The minimum Gasteiger partial charge on any atom is -0.344 e. The summed E-state index contributed by atoms with van der Waals surface area (Å²) in [7, 11) is 2.07. The first-order chi connectivity index (χ1) is 8.63. The summed E-state index contributed by atoms with van der Waals surface area (Å²) in [5.41, 5.74) is 10.5. The van der Waals surface area contributed by atoms with Gasteiger partial charge in [-0.05, 0) is 36.8 Å². The summed E-state index contributed by atoms with van der Waals surface area (Å²) in [5, 5.41) is 0. The van der Waals surface area contributed by atoms with E-state index in [-0.39, 0.29) is 0 Å². The highest BCUT2D eigenvalue weighted by atomic mass is 79.9. The summed E-state index contributed by atoms with van der Waals surface area (Å²) in [6.45, 7) is 2.62. The molecule has 0 unspecified atom stereocenters. The third-order valence-electron chi connectivity index (χ3n) is 3.05. The van der Waals surface area contributed by atoms with Crippen molar-refractivity contribution < 1.29 is 0 Å². The third kappa shape index (κ3) is 2.57. The lowest BCUT2D eigenvalue weighted by molar-refractivity contribution is 1.04. The maximum Gasteiger partial charge on any atom is 0.0465 e. The monoisotopic (exact) mass is 304 g/mol. The number of nitrogens with two attached hydrogens (primary N) is 1. The van der Waals surface area contributed by atoms with Gasteiger partial charge in [0.1, 0.15) is 0 Å². The summed E-state index contributed by atoms with van der Waals surface area (Å²) in [4.78, 5) is 2.17. The molecule has 0 aliphatic carbocycles. The zero-order valence-electron chi connectivity index (χ0n) is 10.7. The van der Waals surface area contributed by atoms with E-state index in [2.05, 4.69) is 65.1 Å². The lowest BCUT2D eigenvalue weighted by Crippen LogP contribution is -2.13. The molecule has 0 saturated heterocycles. The second-order valence-corrected chi connectivity index (χ2v) is 5.19. The molecular formula is C15H17BrN2. The summed E-state index contributed by atoms with van der Waals surface area (Å²) in [6.07, 6.45) is 0. The van der Waals surface area contributed by atoms with Crippen LogP contribution in [-0.2, 0) is 6.54 Å². The summed E-state index contributed by atoms with van der Waals surface area (Å²) in [6, 6.07) is 14.6. The Labute approximate surface area is 117 Å². The molecule has 0 aromatic heterocycles. The molecular weight excluding hydrogens is 288 g/mol. The van der Waals surface area contributed by atoms with E-state index in [1.165, 1.54) is 11.3 Å². The van der Waals surface area contributed by atoms with Crippen LogP contribution in [0, 0.1) is 6.92 Å². The molecule has 0 saturated carbocycles. The Bertz CT molecular complexity index is 552. The fraction of sp³-hybridized carbons (Fsp3) is 0.200. The molecule has 2 aromatic carbocycles. The molecule has 2 N–H and O–H groups in total. The van der Waals surface area contributed by atoms with Crippen LogP contribution in [0.4, 0.5) is 11.4 Å². The molecule has 0 radical (unpaired) electrons. The van der Waals surface area contributed by atoms with Crippen LogP contribution in [-0.4, -0.2) is 7.05 Å². The average molecular weight is 305 g/mol. The molecule has 94 valence electrons. The van der Waals surface area contributed by atoms with Crippen molar-refractivity contribution in [3.8, 4) is 0 Å². The van der Waals surface area contributed by atoms with Gasteiger partial charge in [0.2, 0.25) is 0 Å². The number of hydrogen-bond donors (Lipinski definition) is 1. The van der Waals surface area contributed by atoms with Crippen LogP contribution in [0.25, 0.3) is 0 Å². The summed E-state index contributed by atoms with van der Waals surface area (Å²) in [5.74, 6) is 0. The highest BCUT2D eigenvalue weighted by Gasteiger charge is 2.10. The first-order valence-electron chi connectivity index (χ1n) is 5.91. The van der Waals surface area contributed by atoms with E-state index >= 15 is 0 Å². The predicted octanol–water partition coefficient (Wildman–Crippen LogP) is 3.98. The molecule has 3 heteroatoms. The van der Waals surface area contributed by atoms with Crippen molar-refractivity contribution in [2.75, 3.05) is 11.9 Å². The van der Waals surface area contributed by atoms with Crippen molar-refractivity contribution in [1.29, 1.82) is 0 Å². The number of rotatable bonds is 3. The predicted molar refractivity (Wildman–Crippen MR) is 81.3 cm³/mol. The molecule has 2 nitrogen and oxygen atoms in total. The van der Waals surface area contributed by atoms with E-state index in [4.69, 9.17) is 5.73 Å². The van der Waals surface area contributed by atoms with Crippen LogP contribution in [0.2, 0.25) is 0 Å². The average Bonchev–Trinajstić information content (AvgIpc) is 2.37. The fourth-order valence-electron chi connectivity index (χ4n) is 2.04. The van der Waals surface area contributed by atoms with E-state index in [1.54, 1.807) is 0 Å². The van der Waals surface area contributed by atoms with Crippen LogP contribution in [0.3, 0.4) is 0 Å². The first kappa shape index (κ1) is 13.1. The topological polar surface area (TPSA) is 29.3 Å². The van der Waals surface area contributed by atoms with E-state index in [9.17, 15) is 0 Å². The van der Waals surface area contributed by atoms with Gasteiger partial charge in [-0.15, -0.1) is 0 Å². The smallest absolute Gasteiger partial charge is 0.0465 e. The van der Waals surface area contributed by atoms with Crippen molar-refractivity contribution in [3.63, 3.8) is 0 Å². The Morgan fingerprint density at radius 3 is 2.56 bits per heavy atom. The largest absolute Gasteiger partial charge is 0.344 e. The number of benzene rings is 2. The third-order valence-corrected chi connectivity index (χ3v) is 3.79. The Morgan fingerprint density at radius 2 is 1.89 bits per heavy atom. The molecule has 0 aliphatic rings. The number of aryl methyl sites for hydroxylation is 1. The molecule has 2 rings (SSSR count). The van der Waals surface area contributed by atoms with Crippen LogP contribution >= 0.6 is 15.9 Å². The molecule has 0 aliphatic heterocycles. The maximum atomic E-state index is 5.84. The fourth-order valence-corrected chi connectivity index (χ4v) is 2.56. The van der Waals surface area contributed by atoms with Crippen molar-refractivity contribution in [2.45, 2.75) is 13.5 Å². The van der Waals surface area contributed by atoms with Crippen molar-refractivity contribution in [3.05, 3.63) is 58.1 Å². The molecule has 0 amide bonds. The van der Waals surface area contributed by atoms with Gasteiger partial charge in [0, 0.05) is 35.0 Å². The highest BCUT2D eigenvalue weighted by molar-refractivity contribution is 9.10. The summed E-state index contributed by atoms with van der Waals surface area (Å²) < 4.78 is 1.06.